The molecular weight excluding hydrogens is 274 g/mol. The Hall–Kier alpha value is -0.770. The van der Waals surface area contributed by atoms with E-state index in [9.17, 15) is 10.2 Å². The normalized spacial score (nSPS) is 19.2. The van der Waals surface area contributed by atoms with E-state index in [1.54, 1.807) is 12.1 Å². The van der Waals surface area contributed by atoms with Crippen LogP contribution in [0.15, 0.2) is 12.1 Å². The Morgan fingerprint density at radius 1 is 1.10 bits per heavy atom. The van der Waals surface area contributed by atoms with Crippen LogP contribution in [0.2, 0.25) is 0 Å². The molecule has 0 saturated heterocycles. The predicted octanol–water partition coefficient (Wildman–Crippen LogP) is 3.37. The third kappa shape index (κ3) is 3.66. The monoisotopic (exact) mass is 299 g/mol. The molecule has 2 rings (SSSR count). The van der Waals surface area contributed by atoms with Gasteiger partial charge in [0.05, 0.1) is 12.1 Å². The summed E-state index contributed by atoms with van der Waals surface area (Å²) in [6, 6.07) is 3.08. The SMILES string of the molecule is Cc1cc(O)cc(C)c1[C@@H](N)[C@@H](O)C1CCCCC1.Cl. The zero-order valence-electron chi connectivity index (χ0n) is 12.3. The van der Waals surface area contributed by atoms with Crippen LogP contribution in [0.4, 0.5) is 0 Å². The summed E-state index contributed by atoms with van der Waals surface area (Å²) in [6.45, 7) is 3.88. The highest BCUT2D eigenvalue weighted by molar-refractivity contribution is 5.85. The molecule has 0 heterocycles. The van der Waals surface area contributed by atoms with E-state index in [4.69, 9.17) is 5.73 Å². The van der Waals surface area contributed by atoms with Crippen molar-refractivity contribution in [3.05, 3.63) is 28.8 Å². The van der Waals surface area contributed by atoms with Crippen LogP contribution in [0.5, 0.6) is 5.75 Å². The molecule has 20 heavy (non-hydrogen) atoms. The van der Waals surface area contributed by atoms with Crippen LogP contribution in [-0.4, -0.2) is 16.3 Å². The second-order valence-electron chi connectivity index (χ2n) is 5.91. The summed E-state index contributed by atoms with van der Waals surface area (Å²) >= 11 is 0. The summed E-state index contributed by atoms with van der Waals surface area (Å²) in [7, 11) is 0. The standard InChI is InChI=1S/C16H25NO2.ClH/c1-10-8-13(18)9-11(2)14(10)15(17)16(19)12-6-4-3-5-7-12;/h8-9,12,15-16,18-19H,3-7,17H2,1-2H3;1H/t15-,16+;/m1./s1. The minimum atomic E-state index is -0.484. The van der Waals surface area contributed by atoms with Crippen molar-refractivity contribution in [1.29, 1.82) is 0 Å². The van der Waals surface area contributed by atoms with E-state index < -0.39 is 6.10 Å². The first kappa shape index (κ1) is 17.3. The Morgan fingerprint density at radius 2 is 1.60 bits per heavy atom. The lowest BCUT2D eigenvalue weighted by Gasteiger charge is -2.32. The summed E-state index contributed by atoms with van der Waals surface area (Å²) in [4.78, 5) is 0. The van der Waals surface area contributed by atoms with Gasteiger partial charge in [0.25, 0.3) is 0 Å². The summed E-state index contributed by atoms with van der Waals surface area (Å²) in [6.07, 6.45) is 5.33. The van der Waals surface area contributed by atoms with Gasteiger partial charge in [-0.15, -0.1) is 12.4 Å². The number of phenols is 1. The number of aliphatic hydroxyl groups excluding tert-OH is 1. The fraction of sp³-hybridized carbons (Fsp3) is 0.625. The molecule has 4 N–H and O–H groups in total. The van der Waals surface area contributed by atoms with Gasteiger partial charge in [0.15, 0.2) is 0 Å². The van der Waals surface area contributed by atoms with Crippen molar-refractivity contribution < 1.29 is 10.2 Å². The van der Waals surface area contributed by atoms with E-state index >= 15 is 0 Å². The lowest BCUT2D eigenvalue weighted by molar-refractivity contribution is 0.0614. The number of benzene rings is 1. The molecular formula is C16H26ClNO2. The molecule has 1 aliphatic carbocycles. The molecule has 0 radical (unpaired) electrons. The average molecular weight is 300 g/mol. The van der Waals surface area contributed by atoms with Gasteiger partial charge in [-0.1, -0.05) is 19.3 Å². The van der Waals surface area contributed by atoms with Crippen LogP contribution in [0, 0.1) is 19.8 Å². The van der Waals surface area contributed by atoms with Gasteiger partial charge in [-0.05, 0) is 61.4 Å². The summed E-state index contributed by atoms with van der Waals surface area (Å²) in [5.41, 5.74) is 9.19. The third-order valence-electron chi connectivity index (χ3n) is 4.41. The van der Waals surface area contributed by atoms with E-state index in [1.165, 1.54) is 19.3 Å². The first-order valence-electron chi connectivity index (χ1n) is 7.24. The molecule has 0 bridgehead atoms. The zero-order chi connectivity index (χ0) is 14.0. The fourth-order valence-corrected chi connectivity index (χ4v) is 3.42. The van der Waals surface area contributed by atoms with Crippen LogP contribution in [0.3, 0.4) is 0 Å². The molecule has 0 aliphatic heterocycles. The number of rotatable bonds is 3. The lowest BCUT2D eigenvalue weighted by atomic mass is 9.80. The molecule has 0 spiro atoms. The maximum Gasteiger partial charge on any atom is 0.116 e. The number of aliphatic hydroxyl groups is 1. The summed E-state index contributed by atoms with van der Waals surface area (Å²) < 4.78 is 0. The zero-order valence-corrected chi connectivity index (χ0v) is 13.1. The Balaban J connectivity index is 0.00000200. The molecule has 1 aromatic carbocycles. The number of phenolic OH excluding ortho intramolecular Hbond substituents is 1. The Kier molecular flexibility index (Phi) is 6.31. The van der Waals surface area contributed by atoms with Crippen LogP contribution in [0.1, 0.15) is 54.8 Å². The highest BCUT2D eigenvalue weighted by atomic mass is 35.5. The van der Waals surface area contributed by atoms with Gasteiger partial charge >= 0.3 is 0 Å². The highest BCUT2D eigenvalue weighted by Crippen LogP contribution is 2.34. The maximum atomic E-state index is 10.5. The van der Waals surface area contributed by atoms with Gasteiger partial charge in [0.2, 0.25) is 0 Å². The summed E-state index contributed by atoms with van der Waals surface area (Å²) in [5, 5.41) is 20.1. The first-order valence-corrected chi connectivity index (χ1v) is 7.24. The number of nitrogens with two attached hydrogens (primary N) is 1. The van der Waals surface area contributed by atoms with E-state index in [0.717, 1.165) is 29.5 Å². The number of aromatic hydroxyl groups is 1. The van der Waals surface area contributed by atoms with E-state index in [2.05, 4.69) is 0 Å². The smallest absolute Gasteiger partial charge is 0.116 e. The predicted molar refractivity (Wildman–Crippen MR) is 84.3 cm³/mol. The van der Waals surface area contributed by atoms with Crippen molar-refractivity contribution in [3.8, 4) is 5.75 Å². The number of halogens is 1. The third-order valence-corrected chi connectivity index (χ3v) is 4.41. The number of hydrogen-bond acceptors (Lipinski definition) is 3. The van der Waals surface area contributed by atoms with Gasteiger partial charge in [-0.25, -0.2) is 0 Å². The number of aryl methyl sites for hydroxylation is 2. The van der Waals surface area contributed by atoms with Crippen molar-refractivity contribution in [3.63, 3.8) is 0 Å². The largest absolute Gasteiger partial charge is 0.508 e. The van der Waals surface area contributed by atoms with Crippen LogP contribution in [0.25, 0.3) is 0 Å². The first-order chi connectivity index (χ1) is 9.00. The highest BCUT2D eigenvalue weighted by Gasteiger charge is 2.29. The van der Waals surface area contributed by atoms with Crippen molar-refractivity contribution in [2.45, 2.75) is 58.1 Å². The van der Waals surface area contributed by atoms with Crippen LogP contribution >= 0.6 is 12.4 Å². The van der Waals surface area contributed by atoms with Gasteiger partial charge in [0, 0.05) is 0 Å². The van der Waals surface area contributed by atoms with Crippen molar-refractivity contribution in [2.75, 3.05) is 0 Å². The lowest BCUT2D eigenvalue weighted by Crippen LogP contribution is -2.35. The van der Waals surface area contributed by atoms with Crippen LogP contribution < -0.4 is 5.73 Å². The minimum Gasteiger partial charge on any atom is -0.508 e. The molecule has 0 unspecified atom stereocenters. The Morgan fingerprint density at radius 3 is 2.10 bits per heavy atom. The van der Waals surface area contributed by atoms with Crippen LogP contribution in [-0.2, 0) is 0 Å². The Bertz CT molecular complexity index is 421. The topological polar surface area (TPSA) is 66.5 Å². The van der Waals surface area contributed by atoms with Gasteiger partial charge in [-0.3, -0.25) is 0 Å². The van der Waals surface area contributed by atoms with Crippen molar-refractivity contribution in [2.24, 2.45) is 11.7 Å². The minimum absolute atomic E-state index is 0. The van der Waals surface area contributed by atoms with Gasteiger partial charge in [-0.2, -0.15) is 0 Å². The second kappa shape index (κ2) is 7.30. The molecule has 0 amide bonds. The van der Waals surface area contributed by atoms with E-state index in [1.807, 2.05) is 13.8 Å². The Labute approximate surface area is 127 Å². The molecule has 1 saturated carbocycles. The molecule has 1 fully saturated rings. The molecule has 114 valence electrons. The molecule has 4 heteroatoms. The van der Waals surface area contributed by atoms with E-state index in [-0.39, 0.29) is 24.2 Å². The summed E-state index contributed by atoms with van der Waals surface area (Å²) in [5.74, 6) is 0.578. The van der Waals surface area contributed by atoms with Gasteiger partial charge in [0.1, 0.15) is 5.75 Å². The molecule has 0 aromatic heterocycles. The second-order valence-corrected chi connectivity index (χ2v) is 5.91. The van der Waals surface area contributed by atoms with Crippen molar-refractivity contribution in [1.82, 2.24) is 0 Å². The van der Waals surface area contributed by atoms with Crippen molar-refractivity contribution >= 4 is 12.4 Å². The van der Waals surface area contributed by atoms with Gasteiger partial charge < -0.3 is 15.9 Å². The maximum absolute atomic E-state index is 10.5. The molecule has 1 aliphatic rings. The molecule has 1 aromatic rings. The number of hydrogen-bond donors (Lipinski definition) is 3. The van der Waals surface area contributed by atoms with E-state index in [0.29, 0.717) is 5.92 Å². The fourth-order valence-electron chi connectivity index (χ4n) is 3.42. The average Bonchev–Trinajstić information content (AvgIpc) is 2.37. The molecule has 3 nitrogen and oxygen atoms in total. The molecule has 2 atom stereocenters. The quantitative estimate of drug-likeness (QED) is 0.801.